The summed E-state index contributed by atoms with van der Waals surface area (Å²) in [6.45, 7) is 7.14. The minimum absolute atomic E-state index is 0.0619. The van der Waals surface area contributed by atoms with Crippen LogP contribution in [-0.4, -0.2) is 51.1 Å². The summed E-state index contributed by atoms with van der Waals surface area (Å²) in [5.41, 5.74) is 0.754. The van der Waals surface area contributed by atoms with Gasteiger partial charge in [0, 0.05) is 13.1 Å². The van der Waals surface area contributed by atoms with E-state index < -0.39 is 0 Å². The Morgan fingerprint density at radius 1 is 1.33 bits per heavy atom. The summed E-state index contributed by atoms with van der Waals surface area (Å²) in [5, 5.41) is 8.48. The van der Waals surface area contributed by atoms with E-state index in [4.69, 9.17) is 10.6 Å². The van der Waals surface area contributed by atoms with Crippen LogP contribution in [0.15, 0.2) is 29.4 Å². The van der Waals surface area contributed by atoms with Crippen molar-refractivity contribution in [3.63, 3.8) is 0 Å². The lowest BCUT2D eigenvalue weighted by atomic mass is 10.2. The first kappa shape index (κ1) is 18.1. The van der Waals surface area contributed by atoms with E-state index in [0.29, 0.717) is 29.8 Å². The van der Waals surface area contributed by atoms with Crippen LogP contribution in [0.3, 0.4) is 0 Å². The van der Waals surface area contributed by atoms with E-state index in [2.05, 4.69) is 10.2 Å². The predicted octanol–water partition coefficient (Wildman–Crippen LogP) is 2.02. The van der Waals surface area contributed by atoms with Gasteiger partial charge in [-0.15, -0.1) is 10.2 Å². The number of amides is 1. The van der Waals surface area contributed by atoms with Gasteiger partial charge >= 0.3 is 0 Å². The Labute approximate surface area is 146 Å². The molecule has 1 aromatic carbocycles. The molecule has 0 aliphatic rings. The lowest BCUT2D eigenvalue weighted by molar-refractivity contribution is -0.129. The van der Waals surface area contributed by atoms with Crippen LogP contribution in [0.2, 0.25) is 0 Å². The molecule has 1 amide bonds. The summed E-state index contributed by atoms with van der Waals surface area (Å²) < 4.78 is 6.74. The van der Waals surface area contributed by atoms with Crippen molar-refractivity contribution < 1.29 is 9.53 Å². The second-order valence-corrected chi connectivity index (χ2v) is 6.46. The van der Waals surface area contributed by atoms with Crippen molar-refractivity contribution >= 4 is 17.7 Å². The highest BCUT2D eigenvalue weighted by Gasteiger charge is 2.23. The number of carbonyl (C=O) groups is 1. The molecule has 1 atom stereocenters. The van der Waals surface area contributed by atoms with Crippen molar-refractivity contribution in [3.8, 4) is 17.1 Å². The number of carbonyl (C=O) groups excluding carboxylic acids is 1. The number of para-hydroxylation sites is 1. The molecule has 7 nitrogen and oxygen atoms in total. The van der Waals surface area contributed by atoms with Gasteiger partial charge in [-0.25, -0.2) is 4.68 Å². The molecule has 1 aromatic heterocycles. The van der Waals surface area contributed by atoms with E-state index in [0.717, 1.165) is 5.56 Å². The fourth-order valence-corrected chi connectivity index (χ4v) is 3.23. The van der Waals surface area contributed by atoms with Crippen molar-refractivity contribution in [2.45, 2.75) is 31.2 Å². The number of nitrogens with zero attached hydrogens (tertiary/aromatic N) is 4. The molecule has 0 aliphatic carbocycles. The molecule has 0 spiro atoms. The molecule has 0 radical (unpaired) electrons. The van der Waals surface area contributed by atoms with Gasteiger partial charge in [0.15, 0.2) is 5.82 Å². The molecular weight excluding hydrogens is 326 g/mol. The Kier molecular flexibility index (Phi) is 6.08. The number of hydrogen-bond acceptors (Lipinski definition) is 6. The molecule has 2 rings (SSSR count). The largest absolute Gasteiger partial charge is 0.496 e. The second-order valence-electron chi connectivity index (χ2n) is 5.15. The zero-order chi connectivity index (χ0) is 17.7. The molecule has 2 N–H and O–H groups in total. The maximum Gasteiger partial charge on any atom is 0.235 e. The molecule has 1 unspecified atom stereocenters. The third-order valence-electron chi connectivity index (χ3n) is 3.72. The average Bonchev–Trinajstić information content (AvgIpc) is 2.96. The maximum atomic E-state index is 12.4. The Morgan fingerprint density at radius 2 is 2.00 bits per heavy atom. The van der Waals surface area contributed by atoms with Gasteiger partial charge < -0.3 is 15.5 Å². The maximum absolute atomic E-state index is 12.4. The summed E-state index contributed by atoms with van der Waals surface area (Å²) in [4.78, 5) is 14.2. The van der Waals surface area contributed by atoms with E-state index in [1.54, 1.807) is 12.0 Å². The van der Waals surface area contributed by atoms with Gasteiger partial charge in [0.1, 0.15) is 5.75 Å². The fraction of sp³-hybridized carbons (Fsp3) is 0.438. The van der Waals surface area contributed by atoms with Crippen LogP contribution in [0.4, 0.5) is 0 Å². The van der Waals surface area contributed by atoms with Crippen LogP contribution >= 0.6 is 11.8 Å². The number of aromatic nitrogens is 3. The lowest BCUT2D eigenvalue weighted by Gasteiger charge is -2.22. The van der Waals surface area contributed by atoms with Crippen molar-refractivity contribution in [2.24, 2.45) is 0 Å². The van der Waals surface area contributed by atoms with Crippen molar-refractivity contribution in [2.75, 3.05) is 26.0 Å². The summed E-state index contributed by atoms with van der Waals surface area (Å²) in [5.74, 6) is 7.37. The topological polar surface area (TPSA) is 86.3 Å². The SMILES string of the molecule is CCN(CC)C(=O)C(C)Sc1nnc(-c2ccccc2OC)n1N. The van der Waals surface area contributed by atoms with Crippen LogP contribution in [0.25, 0.3) is 11.4 Å². The van der Waals surface area contributed by atoms with Gasteiger partial charge in [-0.05, 0) is 32.9 Å². The van der Waals surface area contributed by atoms with E-state index in [-0.39, 0.29) is 11.2 Å². The molecule has 0 saturated carbocycles. The van der Waals surface area contributed by atoms with E-state index in [1.165, 1.54) is 16.4 Å². The van der Waals surface area contributed by atoms with Crippen molar-refractivity contribution in [1.29, 1.82) is 0 Å². The van der Waals surface area contributed by atoms with Crippen LogP contribution in [0.5, 0.6) is 5.75 Å². The number of hydrogen-bond donors (Lipinski definition) is 1. The van der Waals surface area contributed by atoms with Crippen molar-refractivity contribution in [3.05, 3.63) is 24.3 Å². The van der Waals surface area contributed by atoms with E-state index >= 15 is 0 Å². The third kappa shape index (κ3) is 3.64. The van der Waals surface area contributed by atoms with Crippen molar-refractivity contribution in [1.82, 2.24) is 19.8 Å². The van der Waals surface area contributed by atoms with Gasteiger partial charge in [0.25, 0.3) is 0 Å². The highest BCUT2D eigenvalue weighted by atomic mass is 32.2. The second kappa shape index (κ2) is 8.05. The third-order valence-corrected chi connectivity index (χ3v) is 4.76. The molecule has 2 aromatic rings. The van der Waals surface area contributed by atoms with Gasteiger partial charge in [-0.1, -0.05) is 23.9 Å². The van der Waals surface area contributed by atoms with E-state index in [1.807, 2.05) is 45.0 Å². The molecule has 0 fully saturated rings. The Hall–Kier alpha value is -2.22. The first-order chi connectivity index (χ1) is 11.5. The predicted molar refractivity (Wildman–Crippen MR) is 95.4 cm³/mol. The molecular formula is C16H23N5O2S. The fourth-order valence-electron chi connectivity index (χ4n) is 2.37. The first-order valence-electron chi connectivity index (χ1n) is 7.82. The number of nitrogens with two attached hydrogens (primary N) is 1. The van der Waals surface area contributed by atoms with Gasteiger partial charge in [0.05, 0.1) is 17.9 Å². The molecule has 1 heterocycles. The highest BCUT2D eigenvalue weighted by molar-refractivity contribution is 8.00. The summed E-state index contributed by atoms with van der Waals surface area (Å²) in [6.07, 6.45) is 0. The summed E-state index contributed by atoms with van der Waals surface area (Å²) >= 11 is 1.30. The average molecular weight is 349 g/mol. The van der Waals surface area contributed by atoms with E-state index in [9.17, 15) is 4.79 Å². The molecule has 24 heavy (non-hydrogen) atoms. The molecule has 0 bridgehead atoms. The molecule has 0 saturated heterocycles. The van der Waals surface area contributed by atoms with Crippen LogP contribution < -0.4 is 10.6 Å². The van der Waals surface area contributed by atoms with Crippen LogP contribution in [-0.2, 0) is 4.79 Å². The Balaban J connectivity index is 2.23. The Bertz CT molecular complexity index is 700. The number of methoxy groups -OCH3 is 1. The summed E-state index contributed by atoms with van der Waals surface area (Å²) in [6, 6.07) is 7.46. The smallest absolute Gasteiger partial charge is 0.235 e. The van der Waals surface area contributed by atoms with Crippen LogP contribution in [0.1, 0.15) is 20.8 Å². The number of ether oxygens (including phenoxy) is 1. The minimum Gasteiger partial charge on any atom is -0.496 e. The van der Waals surface area contributed by atoms with Crippen LogP contribution in [0, 0.1) is 0 Å². The Morgan fingerprint density at radius 3 is 2.62 bits per heavy atom. The monoisotopic (exact) mass is 349 g/mol. The number of rotatable bonds is 7. The highest BCUT2D eigenvalue weighted by Crippen LogP contribution is 2.30. The standard InChI is InChI=1S/C16H23N5O2S/c1-5-20(6-2)15(22)11(3)24-16-19-18-14(21(16)17)12-9-7-8-10-13(12)23-4/h7-11H,5-6,17H2,1-4H3. The number of benzene rings is 1. The quantitative estimate of drug-likeness (QED) is 0.608. The summed E-state index contributed by atoms with van der Waals surface area (Å²) in [7, 11) is 1.59. The molecule has 8 heteroatoms. The zero-order valence-corrected chi connectivity index (χ0v) is 15.2. The van der Waals surface area contributed by atoms with Gasteiger partial charge in [-0.2, -0.15) is 0 Å². The van der Waals surface area contributed by atoms with Gasteiger partial charge in [-0.3, -0.25) is 4.79 Å². The molecule has 130 valence electrons. The normalized spacial score (nSPS) is 12.0. The van der Waals surface area contributed by atoms with Gasteiger partial charge in [0.2, 0.25) is 11.1 Å². The first-order valence-corrected chi connectivity index (χ1v) is 8.70. The molecule has 0 aliphatic heterocycles. The zero-order valence-electron chi connectivity index (χ0n) is 14.4. The minimum atomic E-state index is -0.290. The lowest BCUT2D eigenvalue weighted by Crippen LogP contribution is -2.36. The number of nitrogen functional groups attached to an aromatic ring is 1. The number of thioether (sulfide) groups is 1.